The van der Waals surface area contributed by atoms with E-state index in [0.717, 1.165) is 12.4 Å². The normalized spacial score (nSPS) is 9.93. The first kappa shape index (κ1) is 11.0. The highest BCUT2D eigenvalue weighted by atomic mass is 35.5. The van der Waals surface area contributed by atoms with Crippen LogP contribution in [0.25, 0.3) is 0 Å². The minimum atomic E-state index is 0.574. The molecule has 1 rings (SSSR count). The first-order valence-corrected chi connectivity index (χ1v) is 5.03. The average Bonchev–Trinajstić information content (AvgIpc) is 2.19. The van der Waals surface area contributed by atoms with Crippen LogP contribution in [-0.4, -0.2) is 36.0 Å². The summed E-state index contributed by atoms with van der Waals surface area (Å²) in [5.41, 5.74) is 0. The molecule has 0 radical (unpaired) electrons. The van der Waals surface area contributed by atoms with Crippen LogP contribution in [0.2, 0.25) is 0 Å². The number of halogens is 1. The Hall–Kier alpha value is -1.03. The van der Waals surface area contributed by atoms with E-state index in [4.69, 9.17) is 16.3 Å². The number of hydrogen-bond acceptors (Lipinski definition) is 4. The van der Waals surface area contributed by atoms with E-state index in [1.807, 2.05) is 18.9 Å². The van der Waals surface area contributed by atoms with Gasteiger partial charge in [0.15, 0.2) is 0 Å². The third-order valence-electron chi connectivity index (χ3n) is 1.73. The summed E-state index contributed by atoms with van der Waals surface area (Å²) < 4.78 is 5.26. The topological polar surface area (TPSA) is 38.2 Å². The lowest BCUT2D eigenvalue weighted by atomic mass is 10.5. The van der Waals surface area contributed by atoms with Gasteiger partial charge in [0, 0.05) is 25.5 Å². The smallest absolute Gasteiger partial charge is 0.218 e. The van der Waals surface area contributed by atoms with Crippen molar-refractivity contribution in [3.8, 4) is 5.88 Å². The fourth-order valence-electron chi connectivity index (χ4n) is 1.01. The summed E-state index contributed by atoms with van der Waals surface area (Å²) in [4.78, 5) is 10.1. The molecule has 5 heteroatoms. The molecule has 0 N–H and O–H groups in total. The van der Waals surface area contributed by atoms with Crippen molar-refractivity contribution in [2.75, 3.05) is 31.0 Å². The van der Waals surface area contributed by atoms with Gasteiger partial charge in [0.05, 0.1) is 6.61 Å². The van der Waals surface area contributed by atoms with Gasteiger partial charge >= 0.3 is 0 Å². The summed E-state index contributed by atoms with van der Waals surface area (Å²) in [5.74, 6) is 1.99. The van der Waals surface area contributed by atoms with Crippen LogP contribution < -0.4 is 9.64 Å². The second-order valence-electron chi connectivity index (χ2n) is 2.76. The van der Waals surface area contributed by atoms with Crippen molar-refractivity contribution >= 4 is 17.4 Å². The van der Waals surface area contributed by atoms with Crippen LogP contribution in [0.4, 0.5) is 5.82 Å². The summed E-state index contributed by atoms with van der Waals surface area (Å²) in [5, 5.41) is 0. The molecule has 0 aromatic carbocycles. The maximum Gasteiger partial charge on any atom is 0.218 e. The lowest BCUT2D eigenvalue weighted by molar-refractivity contribution is 0.326. The Morgan fingerprint density at radius 3 is 2.93 bits per heavy atom. The number of rotatable bonds is 5. The number of alkyl halides is 1. The highest BCUT2D eigenvalue weighted by Gasteiger charge is 2.03. The van der Waals surface area contributed by atoms with E-state index in [2.05, 4.69) is 9.97 Å². The summed E-state index contributed by atoms with van der Waals surface area (Å²) in [7, 11) is 1.93. The van der Waals surface area contributed by atoms with Crippen LogP contribution in [0, 0.1) is 0 Å². The first-order valence-electron chi connectivity index (χ1n) is 4.50. The summed E-state index contributed by atoms with van der Waals surface area (Å²) in [6.07, 6.45) is 1.49. The Balaban J connectivity index is 2.71. The van der Waals surface area contributed by atoms with Crippen LogP contribution in [0.5, 0.6) is 5.88 Å². The van der Waals surface area contributed by atoms with Crippen LogP contribution in [-0.2, 0) is 0 Å². The van der Waals surface area contributed by atoms with E-state index in [1.54, 1.807) is 6.07 Å². The second-order valence-corrected chi connectivity index (χ2v) is 3.14. The highest BCUT2D eigenvalue weighted by molar-refractivity contribution is 6.18. The molecular weight excluding hydrogens is 202 g/mol. The third kappa shape index (κ3) is 3.03. The molecule has 0 aliphatic carbocycles. The van der Waals surface area contributed by atoms with Gasteiger partial charge in [0.2, 0.25) is 5.88 Å². The Labute approximate surface area is 88.9 Å². The van der Waals surface area contributed by atoms with Gasteiger partial charge in [0.25, 0.3) is 0 Å². The SMILES string of the molecule is CCOc1cc(N(C)CCCl)ncn1. The average molecular weight is 216 g/mol. The van der Waals surface area contributed by atoms with Crippen molar-refractivity contribution in [1.82, 2.24) is 9.97 Å². The highest BCUT2D eigenvalue weighted by Crippen LogP contribution is 2.13. The van der Waals surface area contributed by atoms with Gasteiger partial charge in [-0.1, -0.05) is 0 Å². The molecule has 1 heterocycles. The van der Waals surface area contributed by atoms with Gasteiger partial charge in [-0.3, -0.25) is 0 Å². The summed E-state index contributed by atoms with van der Waals surface area (Å²) in [6.45, 7) is 3.28. The predicted molar refractivity (Wildman–Crippen MR) is 57.2 cm³/mol. The molecule has 0 saturated carbocycles. The molecule has 0 saturated heterocycles. The maximum atomic E-state index is 5.63. The largest absolute Gasteiger partial charge is 0.478 e. The molecule has 0 aliphatic rings. The minimum Gasteiger partial charge on any atom is -0.478 e. The van der Waals surface area contributed by atoms with Crippen molar-refractivity contribution in [3.05, 3.63) is 12.4 Å². The Morgan fingerprint density at radius 2 is 2.29 bits per heavy atom. The molecule has 0 atom stereocenters. The van der Waals surface area contributed by atoms with Gasteiger partial charge in [-0.15, -0.1) is 11.6 Å². The van der Waals surface area contributed by atoms with Gasteiger partial charge in [-0.25, -0.2) is 9.97 Å². The zero-order valence-electron chi connectivity index (χ0n) is 8.40. The summed E-state index contributed by atoms with van der Waals surface area (Å²) in [6, 6.07) is 1.80. The molecule has 14 heavy (non-hydrogen) atoms. The number of anilines is 1. The van der Waals surface area contributed by atoms with Crippen LogP contribution in [0.15, 0.2) is 12.4 Å². The molecule has 4 nitrogen and oxygen atoms in total. The maximum absolute atomic E-state index is 5.63. The molecule has 1 aromatic rings. The van der Waals surface area contributed by atoms with Crippen molar-refractivity contribution in [2.45, 2.75) is 6.92 Å². The Bertz CT molecular complexity index is 283. The van der Waals surface area contributed by atoms with Gasteiger partial charge in [-0.05, 0) is 6.92 Å². The quantitative estimate of drug-likeness (QED) is 0.699. The number of ether oxygens (including phenoxy) is 1. The Morgan fingerprint density at radius 1 is 1.50 bits per heavy atom. The van der Waals surface area contributed by atoms with E-state index < -0.39 is 0 Å². The molecule has 0 fully saturated rings. The van der Waals surface area contributed by atoms with E-state index >= 15 is 0 Å². The van der Waals surface area contributed by atoms with Crippen molar-refractivity contribution in [1.29, 1.82) is 0 Å². The number of hydrogen-bond donors (Lipinski definition) is 0. The fraction of sp³-hybridized carbons (Fsp3) is 0.556. The van der Waals surface area contributed by atoms with Crippen molar-refractivity contribution in [3.63, 3.8) is 0 Å². The predicted octanol–water partition coefficient (Wildman–Crippen LogP) is 1.55. The van der Waals surface area contributed by atoms with E-state index in [-0.39, 0.29) is 0 Å². The van der Waals surface area contributed by atoms with Crippen LogP contribution in [0.1, 0.15) is 6.92 Å². The molecule has 1 aromatic heterocycles. The molecule has 78 valence electrons. The molecule has 0 amide bonds. The van der Waals surface area contributed by atoms with E-state index in [0.29, 0.717) is 18.4 Å². The number of nitrogens with zero attached hydrogens (tertiary/aromatic N) is 3. The van der Waals surface area contributed by atoms with Crippen LogP contribution >= 0.6 is 11.6 Å². The molecule has 0 unspecified atom stereocenters. The molecule has 0 spiro atoms. The van der Waals surface area contributed by atoms with Crippen LogP contribution in [0.3, 0.4) is 0 Å². The van der Waals surface area contributed by atoms with Crippen molar-refractivity contribution < 1.29 is 4.74 Å². The first-order chi connectivity index (χ1) is 6.77. The molecule has 0 bridgehead atoms. The van der Waals surface area contributed by atoms with Gasteiger partial charge in [-0.2, -0.15) is 0 Å². The van der Waals surface area contributed by atoms with Crippen molar-refractivity contribution in [2.24, 2.45) is 0 Å². The third-order valence-corrected chi connectivity index (χ3v) is 1.90. The monoisotopic (exact) mass is 215 g/mol. The fourth-order valence-corrected chi connectivity index (χ4v) is 1.26. The zero-order valence-corrected chi connectivity index (χ0v) is 9.16. The standard InChI is InChI=1S/C9H14ClN3O/c1-3-14-9-6-8(11-7-12-9)13(2)5-4-10/h6-7H,3-5H2,1-2H3. The van der Waals surface area contributed by atoms with E-state index in [9.17, 15) is 0 Å². The lowest BCUT2D eigenvalue weighted by Gasteiger charge is -2.16. The minimum absolute atomic E-state index is 0.574. The Kier molecular flexibility index (Phi) is 4.46. The van der Waals surface area contributed by atoms with E-state index in [1.165, 1.54) is 6.33 Å². The zero-order chi connectivity index (χ0) is 10.4. The lowest BCUT2D eigenvalue weighted by Crippen LogP contribution is -2.20. The summed E-state index contributed by atoms with van der Waals surface area (Å²) >= 11 is 5.63. The number of aromatic nitrogens is 2. The molecule has 0 aliphatic heterocycles. The van der Waals surface area contributed by atoms with Gasteiger partial charge < -0.3 is 9.64 Å². The molecular formula is C9H14ClN3O. The van der Waals surface area contributed by atoms with Gasteiger partial charge in [0.1, 0.15) is 12.1 Å². The second kappa shape index (κ2) is 5.65.